The number of rotatable bonds is 0. The van der Waals surface area contributed by atoms with Gasteiger partial charge >= 0.3 is 0 Å². The van der Waals surface area contributed by atoms with Crippen molar-refractivity contribution in [2.45, 2.75) is 83.8 Å². The molecule has 0 bridgehead atoms. The Labute approximate surface area is 135 Å². The topological polar surface area (TPSA) is 40.5 Å². The molecule has 4 aliphatic carbocycles. The zero-order valence-electron chi connectivity index (χ0n) is 14.4. The monoisotopic (exact) mass is 304 g/mol. The zero-order valence-corrected chi connectivity index (χ0v) is 14.4. The molecule has 3 saturated carbocycles. The Morgan fingerprint density at radius 2 is 1.77 bits per heavy atom. The van der Waals surface area contributed by atoms with Crippen LogP contribution in [0.5, 0.6) is 0 Å². The molecule has 0 saturated heterocycles. The van der Waals surface area contributed by atoms with E-state index in [0.29, 0.717) is 11.3 Å². The molecule has 2 N–H and O–H groups in total. The van der Waals surface area contributed by atoms with E-state index >= 15 is 0 Å². The average molecular weight is 304 g/mol. The van der Waals surface area contributed by atoms with Crippen LogP contribution in [0.2, 0.25) is 0 Å². The van der Waals surface area contributed by atoms with Gasteiger partial charge in [0.1, 0.15) is 0 Å². The van der Waals surface area contributed by atoms with Crippen molar-refractivity contribution in [3.05, 3.63) is 11.6 Å². The summed E-state index contributed by atoms with van der Waals surface area (Å²) in [6.07, 6.45) is 11.2. The SMILES string of the molecule is C[C@]1(O)CC[C@@]2(C)C(=CCC3[C@@H]4CC[C@H](O)[C@@]4(C)CC[C@@H]32)C1. The molecule has 0 aromatic heterocycles. The Bertz CT molecular complexity index is 508. The first-order valence-corrected chi connectivity index (χ1v) is 9.36. The van der Waals surface area contributed by atoms with E-state index < -0.39 is 5.60 Å². The predicted molar refractivity (Wildman–Crippen MR) is 88.3 cm³/mol. The highest BCUT2D eigenvalue weighted by molar-refractivity contribution is 5.26. The quantitative estimate of drug-likeness (QED) is 0.663. The molecule has 4 aliphatic rings. The normalized spacial score (nSPS) is 57.6. The average Bonchev–Trinajstić information content (AvgIpc) is 2.76. The van der Waals surface area contributed by atoms with Gasteiger partial charge in [0.25, 0.3) is 0 Å². The Hall–Kier alpha value is -0.340. The van der Waals surface area contributed by atoms with Crippen LogP contribution in [0.1, 0.15) is 72.1 Å². The first-order valence-electron chi connectivity index (χ1n) is 9.36. The van der Waals surface area contributed by atoms with Crippen molar-refractivity contribution in [1.29, 1.82) is 0 Å². The van der Waals surface area contributed by atoms with Crippen molar-refractivity contribution >= 4 is 0 Å². The second-order valence-electron chi connectivity index (χ2n) is 9.57. The third-order valence-electron chi connectivity index (χ3n) is 8.33. The number of hydrogen-bond acceptors (Lipinski definition) is 2. The fourth-order valence-corrected chi connectivity index (χ4v) is 6.78. The molecule has 22 heavy (non-hydrogen) atoms. The van der Waals surface area contributed by atoms with Gasteiger partial charge in [-0.3, -0.25) is 0 Å². The summed E-state index contributed by atoms with van der Waals surface area (Å²) in [5.41, 5.74) is 1.51. The van der Waals surface area contributed by atoms with E-state index in [2.05, 4.69) is 19.9 Å². The van der Waals surface area contributed by atoms with Gasteiger partial charge in [0.2, 0.25) is 0 Å². The van der Waals surface area contributed by atoms with Crippen LogP contribution in [0.4, 0.5) is 0 Å². The second kappa shape index (κ2) is 4.60. The Kier molecular flexibility index (Phi) is 3.18. The van der Waals surface area contributed by atoms with Crippen molar-refractivity contribution < 1.29 is 10.2 Å². The van der Waals surface area contributed by atoms with Crippen LogP contribution in [-0.2, 0) is 0 Å². The van der Waals surface area contributed by atoms with E-state index in [0.717, 1.165) is 37.5 Å². The first kappa shape index (κ1) is 15.2. The smallest absolute Gasteiger partial charge is 0.0657 e. The molecule has 0 aromatic carbocycles. The number of aliphatic hydroxyl groups excluding tert-OH is 1. The molecule has 0 radical (unpaired) electrons. The molecule has 0 spiro atoms. The van der Waals surface area contributed by atoms with Crippen molar-refractivity contribution in [1.82, 2.24) is 0 Å². The Morgan fingerprint density at radius 3 is 2.55 bits per heavy atom. The molecule has 0 aromatic rings. The van der Waals surface area contributed by atoms with E-state index in [4.69, 9.17) is 0 Å². The summed E-state index contributed by atoms with van der Waals surface area (Å²) in [6, 6.07) is 0. The van der Waals surface area contributed by atoms with Crippen LogP contribution < -0.4 is 0 Å². The maximum atomic E-state index is 10.5. The molecule has 2 heteroatoms. The fraction of sp³-hybridized carbons (Fsp3) is 0.900. The van der Waals surface area contributed by atoms with Crippen LogP contribution in [-0.4, -0.2) is 21.9 Å². The minimum absolute atomic E-state index is 0.0799. The maximum Gasteiger partial charge on any atom is 0.0657 e. The lowest BCUT2D eigenvalue weighted by molar-refractivity contribution is -0.0806. The molecular formula is C20H32O2. The van der Waals surface area contributed by atoms with Crippen molar-refractivity contribution in [3.63, 3.8) is 0 Å². The lowest BCUT2D eigenvalue weighted by Gasteiger charge is -2.58. The molecule has 124 valence electrons. The van der Waals surface area contributed by atoms with Crippen LogP contribution >= 0.6 is 0 Å². The van der Waals surface area contributed by atoms with Gasteiger partial charge in [0.05, 0.1) is 11.7 Å². The molecule has 2 nitrogen and oxygen atoms in total. The van der Waals surface area contributed by atoms with Crippen LogP contribution in [0.25, 0.3) is 0 Å². The molecule has 0 heterocycles. The number of hydrogen-bond donors (Lipinski definition) is 2. The lowest BCUT2D eigenvalue weighted by atomic mass is 9.47. The number of fused-ring (bicyclic) bond motifs is 5. The third kappa shape index (κ3) is 1.92. The molecule has 4 rings (SSSR count). The van der Waals surface area contributed by atoms with Gasteiger partial charge in [0.15, 0.2) is 0 Å². The summed E-state index contributed by atoms with van der Waals surface area (Å²) in [5.74, 6) is 2.23. The largest absolute Gasteiger partial charge is 0.393 e. The molecule has 1 unspecified atom stereocenters. The van der Waals surface area contributed by atoms with Crippen LogP contribution in [0, 0.1) is 28.6 Å². The number of aliphatic hydroxyl groups is 2. The van der Waals surface area contributed by atoms with Crippen LogP contribution in [0.3, 0.4) is 0 Å². The van der Waals surface area contributed by atoms with E-state index in [1.54, 1.807) is 0 Å². The maximum absolute atomic E-state index is 10.5. The van der Waals surface area contributed by atoms with Crippen molar-refractivity contribution in [2.75, 3.05) is 0 Å². The minimum atomic E-state index is -0.495. The molecular weight excluding hydrogens is 272 g/mol. The van der Waals surface area contributed by atoms with Crippen molar-refractivity contribution in [2.24, 2.45) is 28.6 Å². The van der Waals surface area contributed by atoms with Crippen molar-refractivity contribution in [3.8, 4) is 0 Å². The van der Waals surface area contributed by atoms with Gasteiger partial charge < -0.3 is 10.2 Å². The van der Waals surface area contributed by atoms with E-state index in [9.17, 15) is 10.2 Å². The number of allylic oxidation sites excluding steroid dienone is 1. The first-order chi connectivity index (χ1) is 10.3. The molecule has 3 fully saturated rings. The standard InChI is InChI=1S/C20H32O2/c1-18(22)10-11-19(2)13(12-18)4-5-14-15-6-7-17(21)20(15,3)9-8-16(14)19/h4,14-17,21-22H,5-12H2,1-3H3/t14?,15-,16-,17-,18-,19-,20-/m0/s1. The molecule has 0 aliphatic heterocycles. The molecule has 0 amide bonds. The summed E-state index contributed by atoms with van der Waals surface area (Å²) in [5, 5.41) is 21.0. The van der Waals surface area contributed by atoms with Gasteiger partial charge in [-0.1, -0.05) is 25.5 Å². The summed E-state index contributed by atoms with van der Waals surface area (Å²) < 4.78 is 0. The van der Waals surface area contributed by atoms with Gasteiger partial charge in [-0.05, 0) is 86.9 Å². The lowest BCUT2D eigenvalue weighted by Crippen LogP contribution is -2.52. The minimum Gasteiger partial charge on any atom is -0.393 e. The summed E-state index contributed by atoms with van der Waals surface area (Å²) in [6.45, 7) is 6.82. The van der Waals surface area contributed by atoms with Gasteiger partial charge in [-0.25, -0.2) is 0 Å². The van der Waals surface area contributed by atoms with E-state index in [1.165, 1.54) is 31.3 Å². The van der Waals surface area contributed by atoms with E-state index in [1.807, 2.05) is 6.92 Å². The third-order valence-corrected chi connectivity index (χ3v) is 8.33. The second-order valence-corrected chi connectivity index (χ2v) is 9.57. The highest BCUT2D eigenvalue weighted by Gasteiger charge is 2.58. The van der Waals surface area contributed by atoms with E-state index in [-0.39, 0.29) is 11.5 Å². The highest BCUT2D eigenvalue weighted by atomic mass is 16.3. The van der Waals surface area contributed by atoms with Gasteiger partial charge in [-0.15, -0.1) is 0 Å². The zero-order chi connectivity index (χ0) is 15.8. The fourth-order valence-electron chi connectivity index (χ4n) is 6.78. The summed E-state index contributed by atoms with van der Waals surface area (Å²) >= 11 is 0. The summed E-state index contributed by atoms with van der Waals surface area (Å²) in [7, 11) is 0. The summed E-state index contributed by atoms with van der Waals surface area (Å²) in [4.78, 5) is 0. The van der Waals surface area contributed by atoms with Crippen LogP contribution in [0.15, 0.2) is 11.6 Å². The van der Waals surface area contributed by atoms with Gasteiger partial charge in [-0.2, -0.15) is 0 Å². The Morgan fingerprint density at radius 1 is 1.00 bits per heavy atom. The van der Waals surface area contributed by atoms with Gasteiger partial charge in [0, 0.05) is 0 Å². The Balaban J connectivity index is 1.67. The predicted octanol–water partition coefficient (Wildman–Crippen LogP) is 4.06. The molecule has 7 atom stereocenters. The highest BCUT2D eigenvalue weighted by Crippen LogP contribution is 2.65.